The molecule has 0 radical (unpaired) electrons. The number of carbonyl (C=O) groups excluding carboxylic acids is 2. The van der Waals surface area contributed by atoms with Gasteiger partial charge in [0.05, 0.1) is 21.1 Å². The van der Waals surface area contributed by atoms with Crippen LogP contribution in [-0.2, 0) is 9.59 Å². The minimum Gasteiger partial charge on any atom is -0.325 e. The summed E-state index contributed by atoms with van der Waals surface area (Å²) in [7, 11) is 0. The second-order valence-corrected chi connectivity index (χ2v) is 8.33. The molecule has 138 valence electrons. The van der Waals surface area contributed by atoms with E-state index in [0.717, 1.165) is 26.5 Å². The molecule has 2 aromatic carbocycles. The van der Waals surface area contributed by atoms with Gasteiger partial charge in [0.2, 0.25) is 11.8 Å². The van der Waals surface area contributed by atoms with Crippen LogP contribution in [0, 0.1) is 19.8 Å². The van der Waals surface area contributed by atoms with Crippen molar-refractivity contribution in [3.63, 3.8) is 0 Å². The fraction of sp³-hybridized carbons (Fsp3) is 0.250. The molecule has 27 heavy (non-hydrogen) atoms. The lowest BCUT2D eigenvalue weighted by molar-refractivity contribution is -0.122. The number of benzene rings is 2. The standard InChI is InChI=1S/C20H18ClN3O2S/c1-11-15(21)4-3-5-16(11)23-20(26)13-8-19(25)24(10-13)14-6-7-18-17(9-14)22-12(2)27-18/h3-7,9,13H,8,10H2,1-2H3,(H,23,26). The summed E-state index contributed by atoms with van der Waals surface area (Å²) in [6, 6.07) is 11.2. The Labute approximate surface area is 166 Å². The molecule has 1 unspecified atom stereocenters. The first-order valence-corrected chi connectivity index (χ1v) is 9.85. The van der Waals surface area contributed by atoms with E-state index < -0.39 is 5.92 Å². The van der Waals surface area contributed by atoms with E-state index in [9.17, 15) is 9.59 Å². The van der Waals surface area contributed by atoms with Crippen molar-refractivity contribution in [3.05, 3.63) is 52.0 Å². The van der Waals surface area contributed by atoms with Gasteiger partial charge in [0.1, 0.15) is 0 Å². The van der Waals surface area contributed by atoms with Crippen LogP contribution in [0.3, 0.4) is 0 Å². The van der Waals surface area contributed by atoms with Crippen LogP contribution in [0.4, 0.5) is 11.4 Å². The Balaban J connectivity index is 1.52. The van der Waals surface area contributed by atoms with Crippen molar-refractivity contribution < 1.29 is 9.59 Å². The zero-order valence-corrected chi connectivity index (χ0v) is 16.5. The second kappa shape index (κ2) is 6.94. The number of nitrogens with zero attached hydrogens (tertiary/aromatic N) is 2. The van der Waals surface area contributed by atoms with E-state index in [1.54, 1.807) is 28.4 Å². The summed E-state index contributed by atoms with van der Waals surface area (Å²) in [5.41, 5.74) is 3.16. The van der Waals surface area contributed by atoms with Crippen molar-refractivity contribution in [2.75, 3.05) is 16.8 Å². The predicted molar refractivity (Wildman–Crippen MR) is 110 cm³/mol. The van der Waals surface area contributed by atoms with Gasteiger partial charge in [-0.3, -0.25) is 9.59 Å². The van der Waals surface area contributed by atoms with Gasteiger partial charge in [0.15, 0.2) is 0 Å². The van der Waals surface area contributed by atoms with Gasteiger partial charge in [-0.05, 0) is 49.7 Å². The van der Waals surface area contributed by atoms with Crippen LogP contribution in [-0.4, -0.2) is 23.3 Å². The maximum absolute atomic E-state index is 12.7. The van der Waals surface area contributed by atoms with Crippen LogP contribution in [0.15, 0.2) is 36.4 Å². The molecule has 0 aliphatic carbocycles. The Morgan fingerprint density at radius 2 is 2.11 bits per heavy atom. The van der Waals surface area contributed by atoms with Gasteiger partial charge in [0.25, 0.3) is 0 Å². The van der Waals surface area contributed by atoms with Gasteiger partial charge < -0.3 is 10.2 Å². The lowest BCUT2D eigenvalue weighted by atomic mass is 10.1. The number of thiazole rings is 1. The molecule has 1 fully saturated rings. The normalized spacial score (nSPS) is 16.9. The zero-order chi connectivity index (χ0) is 19.1. The van der Waals surface area contributed by atoms with Crippen molar-refractivity contribution in [2.24, 2.45) is 5.92 Å². The van der Waals surface area contributed by atoms with Crippen LogP contribution in [0.5, 0.6) is 0 Å². The summed E-state index contributed by atoms with van der Waals surface area (Å²) in [5.74, 6) is -0.616. The van der Waals surface area contributed by atoms with Gasteiger partial charge in [-0.1, -0.05) is 17.7 Å². The lowest BCUT2D eigenvalue weighted by Crippen LogP contribution is -2.28. The highest BCUT2D eigenvalue weighted by molar-refractivity contribution is 7.18. The third-order valence-corrected chi connectivity index (χ3v) is 6.17. The Bertz CT molecular complexity index is 1060. The number of rotatable bonds is 3. The molecule has 0 saturated carbocycles. The number of anilines is 2. The smallest absolute Gasteiger partial charge is 0.229 e. The van der Waals surface area contributed by atoms with E-state index in [0.29, 0.717) is 17.3 Å². The van der Waals surface area contributed by atoms with Gasteiger partial charge in [-0.2, -0.15) is 0 Å². The summed E-state index contributed by atoms with van der Waals surface area (Å²) in [6.07, 6.45) is 0.194. The highest BCUT2D eigenvalue weighted by atomic mass is 35.5. The molecule has 2 amide bonds. The van der Waals surface area contributed by atoms with Gasteiger partial charge in [-0.15, -0.1) is 11.3 Å². The molecule has 1 saturated heterocycles. The Morgan fingerprint density at radius 1 is 1.30 bits per heavy atom. The van der Waals surface area contributed by atoms with Crippen molar-refractivity contribution >= 4 is 56.3 Å². The summed E-state index contributed by atoms with van der Waals surface area (Å²) < 4.78 is 1.09. The van der Waals surface area contributed by atoms with E-state index in [1.165, 1.54) is 0 Å². The molecule has 3 aromatic rings. The van der Waals surface area contributed by atoms with Crippen molar-refractivity contribution in [1.29, 1.82) is 0 Å². The number of halogens is 1. The molecule has 1 atom stereocenters. The number of amides is 2. The first-order chi connectivity index (χ1) is 12.9. The molecular formula is C20H18ClN3O2S. The third-order valence-electron chi connectivity index (χ3n) is 4.81. The van der Waals surface area contributed by atoms with Crippen LogP contribution in [0.1, 0.15) is 17.0 Å². The average molecular weight is 400 g/mol. The predicted octanol–water partition coefficient (Wildman–Crippen LogP) is 4.56. The average Bonchev–Trinajstić information content (AvgIpc) is 3.20. The molecule has 1 aliphatic rings. The fourth-order valence-electron chi connectivity index (χ4n) is 3.31. The van der Waals surface area contributed by atoms with Crippen LogP contribution < -0.4 is 10.2 Å². The molecule has 4 rings (SSSR count). The molecule has 1 aromatic heterocycles. The van der Waals surface area contributed by atoms with Gasteiger partial charge in [-0.25, -0.2) is 4.98 Å². The highest BCUT2D eigenvalue weighted by Gasteiger charge is 2.35. The summed E-state index contributed by atoms with van der Waals surface area (Å²) in [5, 5.41) is 4.50. The van der Waals surface area contributed by atoms with Crippen LogP contribution >= 0.6 is 22.9 Å². The Hall–Kier alpha value is -2.44. The van der Waals surface area contributed by atoms with E-state index in [4.69, 9.17) is 11.6 Å². The van der Waals surface area contributed by atoms with E-state index in [-0.39, 0.29) is 18.2 Å². The van der Waals surface area contributed by atoms with Gasteiger partial charge >= 0.3 is 0 Å². The van der Waals surface area contributed by atoms with Crippen molar-refractivity contribution in [3.8, 4) is 0 Å². The number of aromatic nitrogens is 1. The minimum atomic E-state index is -0.399. The molecule has 5 nitrogen and oxygen atoms in total. The molecule has 0 spiro atoms. The number of hydrogen-bond acceptors (Lipinski definition) is 4. The SMILES string of the molecule is Cc1nc2cc(N3CC(C(=O)Nc4cccc(Cl)c4C)CC3=O)ccc2s1. The Morgan fingerprint density at radius 3 is 2.93 bits per heavy atom. The molecule has 0 bridgehead atoms. The number of aryl methyl sites for hydroxylation is 1. The number of nitrogens with one attached hydrogen (secondary N) is 1. The molecular weight excluding hydrogens is 382 g/mol. The van der Waals surface area contributed by atoms with Crippen LogP contribution in [0.25, 0.3) is 10.2 Å². The second-order valence-electron chi connectivity index (χ2n) is 6.69. The van der Waals surface area contributed by atoms with Crippen molar-refractivity contribution in [1.82, 2.24) is 4.98 Å². The maximum Gasteiger partial charge on any atom is 0.229 e. The Kier molecular flexibility index (Phi) is 4.61. The van der Waals surface area contributed by atoms with E-state index >= 15 is 0 Å². The summed E-state index contributed by atoms with van der Waals surface area (Å²) in [4.78, 5) is 31.3. The maximum atomic E-state index is 12.7. The van der Waals surface area contributed by atoms with Crippen molar-refractivity contribution in [2.45, 2.75) is 20.3 Å². The summed E-state index contributed by atoms with van der Waals surface area (Å²) in [6.45, 7) is 4.18. The quantitative estimate of drug-likeness (QED) is 0.702. The summed E-state index contributed by atoms with van der Waals surface area (Å²) >= 11 is 7.74. The first kappa shape index (κ1) is 17.9. The topological polar surface area (TPSA) is 62.3 Å². The molecule has 2 heterocycles. The van der Waals surface area contributed by atoms with E-state index in [2.05, 4.69) is 10.3 Å². The molecule has 7 heteroatoms. The fourth-order valence-corrected chi connectivity index (χ4v) is 4.29. The minimum absolute atomic E-state index is 0.0516. The molecule has 1 aliphatic heterocycles. The number of fused-ring (bicyclic) bond motifs is 1. The third kappa shape index (κ3) is 3.42. The monoisotopic (exact) mass is 399 g/mol. The number of hydrogen-bond donors (Lipinski definition) is 1. The van der Waals surface area contributed by atoms with Gasteiger partial charge in [0, 0.05) is 29.4 Å². The highest BCUT2D eigenvalue weighted by Crippen LogP contribution is 2.31. The lowest BCUT2D eigenvalue weighted by Gasteiger charge is -2.17. The molecule has 1 N–H and O–H groups in total. The van der Waals surface area contributed by atoms with E-state index in [1.807, 2.05) is 38.1 Å². The largest absolute Gasteiger partial charge is 0.325 e. The zero-order valence-electron chi connectivity index (χ0n) is 15.0. The first-order valence-electron chi connectivity index (χ1n) is 8.66. The van der Waals surface area contributed by atoms with Crippen LogP contribution in [0.2, 0.25) is 5.02 Å². The number of carbonyl (C=O) groups is 2.